The molecule has 0 amide bonds. The summed E-state index contributed by atoms with van der Waals surface area (Å²) >= 11 is 0. The summed E-state index contributed by atoms with van der Waals surface area (Å²) < 4.78 is 24.6. The lowest BCUT2D eigenvalue weighted by Gasteiger charge is -2.29. The van der Waals surface area contributed by atoms with E-state index in [1.807, 2.05) is 6.07 Å². The summed E-state index contributed by atoms with van der Waals surface area (Å²) in [6.45, 7) is 3.47. The molecular formula is C28H37FO3. The van der Waals surface area contributed by atoms with Crippen LogP contribution in [0, 0.1) is 11.7 Å². The Morgan fingerprint density at radius 3 is 2.31 bits per heavy atom. The van der Waals surface area contributed by atoms with E-state index >= 15 is 0 Å². The molecule has 1 fully saturated rings. The maximum Gasteiger partial charge on any atom is 0.293 e. The standard InChI is InChI=1S/C28H37FO3/c1-2-3-4-7-22-8-10-23(11-9-22)24-12-14-25(15-13-24)26-16-17-28(27(29)20-26)32-19-6-5-18-31-21-30/h12-17,20-23H,2-11,18-19H2,1H3. The Balaban J connectivity index is 1.49. The molecule has 0 heterocycles. The van der Waals surface area contributed by atoms with Gasteiger partial charge in [-0.3, -0.25) is 4.79 Å². The van der Waals surface area contributed by atoms with Gasteiger partial charge in [0.25, 0.3) is 6.47 Å². The smallest absolute Gasteiger partial charge is 0.293 e. The van der Waals surface area contributed by atoms with Gasteiger partial charge in [-0.1, -0.05) is 62.9 Å². The van der Waals surface area contributed by atoms with Crippen molar-refractivity contribution in [3.8, 4) is 16.9 Å². The Bertz CT molecular complexity index is 810. The average molecular weight is 441 g/mol. The monoisotopic (exact) mass is 440 g/mol. The molecule has 2 aromatic rings. The normalized spacial score (nSPS) is 18.3. The summed E-state index contributed by atoms with van der Waals surface area (Å²) in [4.78, 5) is 10.1. The van der Waals surface area contributed by atoms with E-state index in [1.165, 1.54) is 56.9 Å². The second kappa shape index (κ2) is 13.2. The van der Waals surface area contributed by atoms with Crippen molar-refractivity contribution in [2.75, 3.05) is 13.2 Å². The Kier molecular flexibility index (Phi) is 10.1. The lowest BCUT2D eigenvalue weighted by molar-refractivity contribution is -0.128. The van der Waals surface area contributed by atoms with Gasteiger partial charge < -0.3 is 9.47 Å². The Morgan fingerprint density at radius 1 is 0.906 bits per heavy atom. The molecule has 1 saturated carbocycles. The minimum absolute atomic E-state index is 0.261. The maximum absolute atomic E-state index is 14.5. The number of rotatable bonds is 13. The molecule has 1 aliphatic carbocycles. The number of benzene rings is 2. The third kappa shape index (κ3) is 7.36. The lowest BCUT2D eigenvalue weighted by Crippen LogP contribution is -2.13. The number of carbonyl (C=O) groups excluding carboxylic acids is 1. The van der Waals surface area contributed by atoms with Crippen LogP contribution in [0.4, 0.5) is 4.39 Å². The van der Waals surface area contributed by atoms with Crippen LogP contribution in [0.15, 0.2) is 42.5 Å². The number of halogens is 1. The van der Waals surface area contributed by atoms with E-state index in [1.54, 1.807) is 12.1 Å². The molecule has 0 saturated heterocycles. The number of hydrogen-bond donors (Lipinski definition) is 0. The van der Waals surface area contributed by atoms with E-state index in [2.05, 4.69) is 35.9 Å². The highest BCUT2D eigenvalue weighted by Gasteiger charge is 2.22. The summed E-state index contributed by atoms with van der Waals surface area (Å²) in [5, 5.41) is 0. The molecule has 0 unspecified atom stereocenters. The van der Waals surface area contributed by atoms with Gasteiger partial charge in [-0.05, 0) is 79.2 Å². The molecule has 0 aliphatic heterocycles. The number of carbonyl (C=O) groups is 1. The molecule has 4 heteroatoms. The molecule has 32 heavy (non-hydrogen) atoms. The highest BCUT2D eigenvalue weighted by Crippen LogP contribution is 2.38. The van der Waals surface area contributed by atoms with E-state index in [9.17, 15) is 9.18 Å². The van der Waals surface area contributed by atoms with Crippen molar-refractivity contribution < 1.29 is 18.7 Å². The second-order valence-electron chi connectivity index (χ2n) is 9.00. The molecule has 1 aliphatic rings. The Hall–Kier alpha value is -2.36. The fourth-order valence-corrected chi connectivity index (χ4v) is 4.73. The van der Waals surface area contributed by atoms with Gasteiger partial charge in [0.05, 0.1) is 13.2 Å². The highest BCUT2D eigenvalue weighted by molar-refractivity contribution is 5.64. The van der Waals surface area contributed by atoms with Crippen molar-refractivity contribution >= 4 is 6.47 Å². The van der Waals surface area contributed by atoms with Crippen molar-refractivity contribution in [2.24, 2.45) is 5.92 Å². The fraction of sp³-hybridized carbons (Fsp3) is 0.536. The Labute approximate surface area is 192 Å². The molecular weight excluding hydrogens is 403 g/mol. The first kappa shape index (κ1) is 24.3. The number of ether oxygens (including phenoxy) is 2. The second-order valence-corrected chi connectivity index (χ2v) is 9.00. The first-order valence-corrected chi connectivity index (χ1v) is 12.3. The summed E-state index contributed by atoms with van der Waals surface area (Å²) in [5.41, 5.74) is 3.30. The van der Waals surface area contributed by atoms with Crippen molar-refractivity contribution in [3.05, 3.63) is 53.8 Å². The zero-order chi connectivity index (χ0) is 22.6. The van der Waals surface area contributed by atoms with Gasteiger partial charge in [-0.2, -0.15) is 0 Å². The Morgan fingerprint density at radius 2 is 1.62 bits per heavy atom. The predicted octanol–water partition coefficient (Wildman–Crippen LogP) is 7.68. The van der Waals surface area contributed by atoms with Gasteiger partial charge in [-0.15, -0.1) is 0 Å². The molecule has 174 valence electrons. The van der Waals surface area contributed by atoms with Crippen molar-refractivity contribution in [1.29, 1.82) is 0 Å². The molecule has 0 atom stereocenters. The fourth-order valence-electron chi connectivity index (χ4n) is 4.73. The molecule has 2 aromatic carbocycles. The van der Waals surface area contributed by atoms with Crippen molar-refractivity contribution in [3.63, 3.8) is 0 Å². The summed E-state index contributed by atoms with van der Waals surface area (Å²) in [6.07, 6.45) is 12.2. The van der Waals surface area contributed by atoms with Gasteiger partial charge in [0.2, 0.25) is 0 Å². The summed E-state index contributed by atoms with van der Waals surface area (Å²) in [6, 6.07) is 13.8. The maximum atomic E-state index is 14.5. The molecule has 0 bridgehead atoms. The first-order chi connectivity index (χ1) is 15.7. The minimum atomic E-state index is -0.350. The lowest BCUT2D eigenvalue weighted by atomic mass is 9.77. The predicted molar refractivity (Wildman–Crippen MR) is 127 cm³/mol. The van der Waals surface area contributed by atoms with Crippen molar-refractivity contribution in [2.45, 2.75) is 77.0 Å². The first-order valence-electron chi connectivity index (χ1n) is 12.3. The van der Waals surface area contributed by atoms with Gasteiger partial charge >= 0.3 is 0 Å². The minimum Gasteiger partial charge on any atom is -0.491 e. The van der Waals surface area contributed by atoms with Crippen LogP contribution in [0.1, 0.15) is 82.6 Å². The van der Waals surface area contributed by atoms with Crippen molar-refractivity contribution in [1.82, 2.24) is 0 Å². The van der Waals surface area contributed by atoms with E-state index in [4.69, 9.17) is 4.74 Å². The van der Waals surface area contributed by atoms with Gasteiger partial charge in [-0.25, -0.2) is 4.39 Å². The highest BCUT2D eigenvalue weighted by atomic mass is 19.1. The molecule has 3 rings (SSSR count). The summed E-state index contributed by atoms with van der Waals surface area (Å²) in [5.74, 6) is 1.50. The zero-order valence-electron chi connectivity index (χ0n) is 19.4. The van der Waals surface area contributed by atoms with Crippen LogP contribution in [-0.2, 0) is 9.53 Å². The van der Waals surface area contributed by atoms with Gasteiger partial charge in [0.1, 0.15) is 0 Å². The van der Waals surface area contributed by atoms with Crippen LogP contribution >= 0.6 is 0 Å². The number of hydrogen-bond acceptors (Lipinski definition) is 3. The van der Waals surface area contributed by atoms with Crippen LogP contribution in [0.5, 0.6) is 5.75 Å². The SMILES string of the molecule is CCCCCC1CCC(c2ccc(-c3ccc(OCCCCOC=O)c(F)c3)cc2)CC1. The molecule has 0 aromatic heterocycles. The number of unbranched alkanes of at least 4 members (excludes halogenated alkanes) is 3. The van der Waals surface area contributed by atoms with Crippen LogP contribution < -0.4 is 4.74 Å². The van der Waals surface area contributed by atoms with Gasteiger partial charge in [0, 0.05) is 0 Å². The van der Waals surface area contributed by atoms with E-state index in [0.717, 1.165) is 17.0 Å². The van der Waals surface area contributed by atoms with Gasteiger partial charge in [0.15, 0.2) is 11.6 Å². The summed E-state index contributed by atoms with van der Waals surface area (Å²) in [7, 11) is 0. The van der Waals surface area contributed by atoms with Crippen LogP contribution in [0.3, 0.4) is 0 Å². The van der Waals surface area contributed by atoms with Crippen LogP contribution in [0.25, 0.3) is 11.1 Å². The third-order valence-electron chi connectivity index (χ3n) is 6.69. The molecule has 0 spiro atoms. The topological polar surface area (TPSA) is 35.5 Å². The molecule has 0 radical (unpaired) electrons. The zero-order valence-corrected chi connectivity index (χ0v) is 19.4. The molecule has 3 nitrogen and oxygen atoms in total. The van der Waals surface area contributed by atoms with E-state index < -0.39 is 0 Å². The average Bonchev–Trinajstić information content (AvgIpc) is 2.83. The quantitative estimate of drug-likeness (QED) is 0.237. The third-order valence-corrected chi connectivity index (χ3v) is 6.69. The van der Waals surface area contributed by atoms with Crippen LogP contribution in [-0.4, -0.2) is 19.7 Å². The van der Waals surface area contributed by atoms with E-state index in [0.29, 0.717) is 38.4 Å². The van der Waals surface area contributed by atoms with Crippen LogP contribution in [0.2, 0.25) is 0 Å². The largest absolute Gasteiger partial charge is 0.491 e. The van der Waals surface area contributed by atoms with E-state index in [-0.39, 0.29) is 11.6 Å². The molecule has 0 N–H and O–H groups in total.